The fourth-order valence-corrected chi connectivity index (χ4v) is 3.57. The maximum Gasteiger partial charge on any atom is 0.368 e. The molecule has 30 heavy (non-hydrogen) atoms. The summed E-state index contributed by atoms with van der Waals surface area (Å²) in [5, 5.41) is 7.83. The molecule has 0 spiro atoms. The van der Waals surface area contributed by atoms with Gasteiger partial charge in [-0.1, -0.05) is 72.3 Å². The highest BCUT2D eigenvalue weighted by atomic mass is 16.2. The van der Waals surface area contributed by atoms with Crippen molar-refractivity contribution in [2.75, 3.05) is 0 Å². The van der Waals surface area contributed by atoms with Crippen LogP contribution in [0.25, 0.3) is 29.0 Å². The Bertz CT molecular complexity index is 1310. The van der Waals surface area contributed by atoms with Crippen molar-refractivity contribution in [3.8, 4) is 16.8 Å². The largest absolute Gasteiger partial charge is 0.368 e. The number of benzene rings is 3. The maximum absolute atomic E-state index is 12.3. The lowest BCUT2D eigenvalue weighted by Gasteiger charge is -2.09. The Labute approximate surface area is 175 Å². The molecule has 0 bridgehead atoms. The minimum atomic E-state index is -0.270. The fourth-order valence-electron chi connectivity index (χ4n) is 3.57. The third kappa shape index (κ3) is 3.74. The van der Waals surface area contributed by atoms with Crippen molar-refractivity contribution in [2.24, 2.45) is 7.05 Å². The minimum Gasteiger partial charge on any atom is -0.244 e. The first kappa shape index (κ1) is 19.6. The Morgan fingerprint density at radius 1 is 0.800 bits per heavy atom. The Hall–Kier alpha value is -3.73. The van der Waals surface area contributed by atoms with Crippen LogP contribution in [0.5, 0.6) is 0 Å². The summed E-state index contributed by atoms with van der Waals surface area (Å²) in [4.78, 5) is 12.3. The summed E-state index contributed by atoms with van der Waals surface area (Å²) >= 11 is 0. The lowest BCUT2D eigenvalue weighted by Crippen LogP contribution is -2.22. The Morgan fingerprint density at radius 3 is 2.27 bits per heavy atom. The van der Waals surface area contributed by atoms with E-state index in [1.165, 1.54) is 31.6 Å². The first-order valence-corrected chi connectivity index (χ1v) is 9.89. The van der Waals surface area contributed by atoms with Crippen LogP contribution in [0, 0.1) is 20.8 Å². The Morgan fingerprint density at radius 2 is 1.57 bits per heavy atom. The zero-order valence-corrected chi connectivity index (χ0v) is 17.6. The second kappa shape index (κ2) is 7.95. The zero-order chi connectivity index (χ0) is 21.3. The molecule has 4 aromatic rings. The SMILES string of the molecule is Cc1cccc(-c2ccc(/C=C/c3c(C)cccc3-n3nnn(C)c3=O)c(C)c2)c1. The monoisotopic (exact) mass is 396 g/mol. The van der Waals surface area contributed by atoms with Gasteiger partial charge in [0.2, 0.25) is 0 Å². The summed E-state index contributed by atoms with van der Waals surface area (Å²) in [7, 11) is 1.59. The van der Waals surface area contributed by atoms with Crippen LogP contribution in [0.3, 0.4) is 0 Å². The number of hydrogen-bond donors (Lipinski definition) is 0. The average molecular weight is 396 g/mol. The highest BCUT2D eigenvalue weighted by molar-refractivity contribution is 5.78. The van der Waals surface area contributed by atoms with Gasteiger partial charge in [0.1, 0.15) is 0 Å². The molecule has 0 fully saturated rings. The smallest absolute Gasteiger partial charge is 0.244 e. The van der Waals surface area contributed by atoms with Crippen LogP contribution in [0.2, 0.25) is 0 Å². The lowest BCUT2D eigenvalue weighted by atomic mass is 9.97. The molecule has 0 unspecified atom stereocenters. The van der Waals surface area contributed by atoms with Crippen molar-refractivity contribution >= 4 is 12.2 Å². The number of tetrazole rings is 1. The van der Waals surface area contributed by atoms with Gasteiger partial charge in [-0.3, -0.25) is 0 Å². The molecule has 0 aliphatic carbocycles. The number of aryl methyl sites for hydroxylation is 4. The van der Waals surface area contributed by atoms with Gasteiger partial charge in [-0.2, -0.15) is 9.36 Å². The Kier molecular flexibility index (Phi) is 5.19. The van der Waals surface area contributed by atoms with Crippen LogP contribution < -0.4 is 5.69 Å². The van der Waals surface area contributed by atoms with E-state index in [1.807, 2.05) is 31.2 Å². The van der Waals surface area contributed by atoms with Crippen molar-refractivity contribution in [1.82, 2.24) is 19.8 Å². The molecule has 3 aromatic carbocycles. The van der Waals surface area contributed by atoms with E-state index in [-0.39, 0.29) is 5.69 Å². The quantitative estimate of drug-likeness (QED) is 0.469. The summed E-state index contributed by atoms with van der Waals surface area (Å²) in [6.45, 7) is 6.25. The van der Waals surface area contributed by atoms with Crippen LogP contribution in [0.15, 0.2) is 65.5 Å². The first-order valence-electron chi connectivity index (χ1n) is 9.89. The highest BCUT2D eigenvalue weighted by Crippen LogP contribution is 2.25. The minimum absolute atomic E-state index is 0.270. The molecule has 5 heteroatoms. The molecule has 0 aliphatic rings. The maximum atomic E-state index is 12.3. The topological polar surface area (TPSA) is 52.7 Å². The summed E-state index contributed by atoms with van der Waals surface area (Å²) in [6.07, 6.45) is 4.13. The van der Waals surface area contributed by atoms with Crippen LogP contribution in [0.1, 0.15) is 27.8 Å². The van der Waals surface area contributed by atoms with E-state index in [9.17, 15) is 4.79 Å². The summed E-state index contributed by atoms with van der Waals surface area (Å²) in [6, 6.07) is 20.8. The lowest BCUT2D eigenvalue weighted by molar-refractivity contribution is 0.693. The molecule has 0 aliphatic heterocycles. The van der Waals surface area contributed by atoms with E-state index in [0.29, 0.717) is 0 Å². The van der Waals surface area contributed by atoms with Gasteiger partial charge in [0, 0.05) is 12.6 Å². The van der Waals surface area contributed by atoms with E-state index in [2.05, 4.69) is 72.8 Å². The van der Waals surface area contributed by atoms with Gasteiger partial charge < -0.3 is 0 Å². The van der Waals surface area contributed by atoms with Crippen LogP contribution in [0.4, 0.5) is 0 Å². The molecule has 150 valence electrons. The van der Waals surface area contributed by atoms with Crippen molar-refractivity contribution in [3.63, 3.8) is 0 Å². The Balaban J connectivity index is 1.71. The summed E-state index contributed by atoms with van der Waals surface area (Å²) in [5.41, 5.74) is 8.46. The van der Waals surface area contributed by atoms with Crippen molar-refractivity contribution in [2.45, 2.75) is 20.8 Å². The molecule has 0 amide bonds. The summed E-state index contributed by atoms with van der Waals surface area (Å²) in [5.74, 6) is 0. The van der Waals surface area contributed by atoms with Gasteiger partial charge in [0.05, 0.1) is 5.69 Å². The first-order chi connectivity index (χ1) is 14.4. The molecule has 1 aromatic heterocycles. The third-order valence-electron chi connectivity index (χ3n) is 5.30. The molecule has 0 atom stereocenters. The number of nitrogens with zero attached hydrogens (tertiary/aromatic N) is 4. The summed E-state index contributed by atoms with van der Waals surface area (Å²) < 4.78 is 2.56. The molecule has 0 radical (unpaired) electrons. The van der Waals surface area contributed by atoms with E-state index in [4.69, 9.17) is 0 Å². The average Bonchev–Trinajstić information content (AvgIpc) is 3.06. The zero-order valence-electron chi connectivity index (χ0n) is 17.6. The van der Waals surface area contributed by atoms with Crippen LogP contribution >= 0.6 is 0 Å². The van der Waals surface area contributed by atoms with Crippen molar-refractivity contribution in [3.05, 3.63) is 99.0 Å². The molecular formula is C25H24N4O. The van der Waals surface area contributed by atoms with Crippen LogP contribution in [-0.4, -0.2) is 19.8 Å². The molecule has 5 nitrogen and oxygen atoms in total. The number of rotatable bonds is 4. The van der Waals surface area contributed by atoms with Gasteiger partial charge in [-0.05, 0) is 65.1 Å². The van der Waals surface area contributed by atoms with Crippen LogP contribution in [-0.2, 0) is 7.05 Å². The van der Waals surface area contributed by atoms with Gasteiger partial charge in [0.15, 0.2) is 0 Å². The molecule has 1 heterocycles. The van der Waals surface area contributed by atoms with E-state index < -0.39 is 0 Å². The van der Waals surface area contributed by atoms with Gasteiger partial charge >= 0.3 is 5.69 Å². The van der Waals surface area contributed by atoms with E-state index in [1.54, 1.807) is 7.05 Å². The standard InChI is InChI=1S/C25H24N4O/c1-17-7-5-9-21(15-17)22-12-11-20(19(3)16-22)13-14-23-18(2)8-6-10-24(23)29-25(30)28(4)26-27-29/h5-16H,1-4H3/b14-13+. The normalized spacial score (nSPS) is 11.3. The second-order valence-corrected chi connectivity index (χ2v) is 7.58. The van der Waals surface area contributed by atoms with Crippen molar-refractivity contribution in [1.29, 1.82) is 0 Å². The third-order valence-corrected chi connectivity index (χ3v) is 5.30. The molecular weight excluding hydrogens is 372 g/mol. The molecule has 0 saturated heterocycles. The number of aromatic nitrogens is 4. The van der Waals surface area contributed by atoms with Gasteiger partial charge in [0.25, 0.3) is 0 Å². The fraction of sp³-hybridized carbons (Fsp3) is 0.160. The molecule has 4 rings (SSSR count). The van der Waals surface area contributed by atoms with E-state index in [0.717, 1.165) is 22.4 Å². The molecule has 0 saturated carbocycles. The molecule has 0 N–H and O–H groups in total. The van der Waals surface area contributed by atoms with Gasteiger partial charge in [-0.15, -0.1) is 0 Å². The van der Waals surface area contributed by atoms with Crippen molar-refractivity contribution < 1.29 is 0 Å². The highest BCUT2D eigenvalue weighted by Gasteiger charge is 2.11. The predicted molar refractivity (Wildman–Crippen MR) is 122 cm³/mol. The van der Waals surface area contributed by atoms with E-state index >= 15 is 0 Å². The predicted octanol–water partition coefficient (Wildman–Crippen LogP) is 4.73. The van der Waals surface area contributed by atoms with Gasteiger partial charge in [-0.25, -0.2) is 4.79 Å². The second-order valence-electron chi connectivity index (χ2n) is 7.58. The number of hydrogen-bond acceptors (Lipinski definition) is 3.